The molecule has 2 rings (SSSR count). The molecular weight excluding hydrogens is 344 g/mol. The van der Waals surface area contributed by atoms with Gasteiger partial charge in [0, 0.05) is 11.3 Å². The standard InChI is InChI=1S/C17H20N2O3S2/c1-4-23-9-12-5-7-13(8-6-12)15(20)18-11(3)16-19-10(2)14(24-16)17(21)22/h5-8,11H,4,9H2,1-3H3,(H,18,20)(H,21,22). The smallest absolute Gasteiger partial charge is 0.347 e. The molecule has 2 aromatic rings. The van der Waals surface area contributed by atoms with Crippen molar-refractivity contribution in [2.24, 2.45) is 0 Å². The number of aromatic carboxylic acids is 1. The van der Waals surface area contributed by atoms with E-state index in [9.17, 15) is 9.59 Å². The molecular formula is C17H20N2O3S2. The molecule has 0 saturated heterocycles. The predicted molar refractivity (Wildman–Crippen MR) is 98.0 cm³/mol. The van der Waals surface area contributed by atoms with Crippen molar-refractivity contribution in [3.8, 4) is 0 Å². The van der Waals surface area contributed by atoms with Crippen molar-refractivity contribution in [3.63, 3.8) is 0 Å². The molecule has 1 aromatic carbocycles. The highest BCUT2D eigenvalue weighted by molar-refractivity contribution is 7.98. The SMILES string of the molecule is CCSCc1ccc(C(=O)NC(C)c2nc(C)c(C(=O)O)s2)cc1. The molecule has 0 aliphatic heterocycles. The predicted octanol–water partition coefficient (Wildman–Crippen LogP) is 3.89. The zero-order chi connectivity index (χ0) is 17.7. The van der Waals surface area contributed by atoms with Crippen molar-refractivity contribution in [2.45, 2.75) is 32.6 Å². The van der Waals surface area contributed by atoms with Crippen LogP contribution >= 0.6 is 23.1 Å². The molecule has 2 N–H and O–H groups in total. The van der Waals surface area contributed by atoms with Gasteiger partial charge in [0.2, 0.25) is 0 Å². The number of carboxylic acids is 1. The van der Waals surface area contributed by atoms with E-state index in [-0.39, 0.29) is 16.8 Å². The fourth-order valence-electron chi connectivity index (χ4n) is 2.11. The van der Waals surface area contributed by atoms with Gasteiger partial charge in [-0.25, -0.2) is 9.78 Å². The van der Waals surface area contributed by atoms with Crippen LogP contribution in [-0.2, 0) is 5.75 Å². The van der Waals surface area contributed by atoms with Crippen LogP contribution in [0.5, 0.6) is 0 Å². The first-order valence-electron chi connectivity index (χ1n) is 7.60. The van der Waals surface area contributed by atoms with Gasteiger partial charge in [0.1, 0.15) is 9.88 Å². The average molecular weight is 364 g/mol. The number of carbonyl (C=O) groups is 2. The average Bonchev–Trinajstić information content (AvgIpc) is 2.95. The summed E-state index contributed by atoms with van der Waals surface area (Å²) < 4.78 is 0. The summed E-state index contributed by atoms with van der Waals surface area (Å²) in [7, 11) is 0. The number of thioether (sulfide) groups is 1. The maximum absolute atomic E-state index is 12.3. The molecule has 1 unspecified atom stereocenters. The number of aromatic nitrogens is 1. The maximum Gasteiger partial charge on any atom is 0.347 e. The molecule has 1 amide bonds. The Kier molecular flexibility index (Phi) is 6.39. The Morgan fingerprint density at radius 2 is 2.00 bits per heavy atom. The van der Waals surface area contributed by atoms with Crippen molar-refractivity contribution >= 4 is 35.0 Å². The van der Waals surface area contributed by atoms with E-state index < -0.39 is 5.97 Å². The van der Waals surface area contributed by atoms with E-state index in [0.717, 1.165) is 22.8 Å². The molecule has 0 saturated carbocycles. The number of amides is 1. The second-order valence-electron chi connectivity index (χ2n) is 5.30. The van der Waals surface area contributed by atoms with E-state index >= 15 is 0 Å². The van der Waals surface area contributed by atoms with Crippen LogP contribution in [0.3, 0.4) is 0 Å². The minimum atomic E-state index is -0.990. The normalized spacial score (nSPS) is 12.0. The van der Waals surface area contributed by atoms with E-state index in [2.05, 4.69) is 17.2 Å². The summed E-state index contributed by atoms with van der Waals surface area (Å²) in [5, 5.41) is 12.5. The summed E-state index contributed by atoms with van der Waals surface area (Å²) in [4.78, 5) is 27.9. The van der Waals surface area contributed by atoms with Gasteiger partial charge in [0.05, 0.1) is 11.7 Å². The number of rotatable bonds is 7. The van der Waals surface area contributed by atoms with Crippen LogP contribution in [-0.4, -0.2) is 27.7 Å². The van der Waals surface area contributed by atoms with Crippen LogP contribution < -0.4 is 5.32 Å². The number of carbonyl (C=O) groups excluding carboxylic acids is 1. The van der Waals surface area contributed by atoms with Gasteiger partial charge < -0.3 is 10.4 Å². The number of nitrogens with zero attached hydrogens (tertiary/aromatic N) is 1. The number of carboxylic acid groups (broad SMARTS) is 1. The van der Waals surface area contributed by atoms with Gasteiger partial charge in [-0.1, -0.05) is 19.1 Å². The molecule has 1 heterocycles. The number of nitrogens with one attached hydrogen (secondary N) is 1. The molecule has 0 bridgehead atoms. The van der Waals surface area contributed by atoms with Crippen LogP contribution in [0, 0.1) is 6.92 Å². The third kappa shape index (κ3) is 4.58. The lowest BCUT2D eigenvalue weighted by molar-refractivity contribution is 0.0701. The Balaban J connectivity index is 2.03. The van der Waals surface area contributed by atoms with E-state index in [4.69, 9.17) is 5.11 Å². The minimum Gasteiger partial charge on any atom is -0.477 e. The van der Waals surface area contributed by atoms with Crippen LogP contribution in [0.4, 0.5) is 0 Å². The lowest BCUT2D eigenvalue weighted by atomic mass is 10.1. The van der Waals surface area contributed by atoms with Crippen LogP contribution in [0.25, 0.3) is 0 Å². The van der Waals surface area contributed by atoms with Gasteiger partial charge in [-0.2, -0.15) is 11.8 Å². The molecule has 5 nitrogen and oxygen atoms in total. The van der Waals surface area contributed by atoms with E-state index in [1.165, 1.54) is 5.56 Å². The number of hydrogen-bond donors (Lipinski definition) is 2. The highest BCUT2D eigenvalue weighted by atomic mass is 32.2. The molecule has 1 aromatic heterocycles. The van der Waals surface area contributed by atoms with Crippen molar-refractivity contribution < 1.29 is 14.7 Å². The fraction of sp³-hybridized carbons (Fsp3) is 0.353. The molecule has 24 heavy (non-hydrogen) atoms. The topological polar surface area (TPSA) is 79.3 Å². The highest BCUT2D eigenvalue weighted by Crippen LogP contribution is 2.24. The Morgan fingerprint density at radius 3 is 2.54 bits per heavy atom. The van der Waals surface area contributed by atoms with Crippen LogP contribution in [0.15, 0.2) is 24.3 Å². The van der Waals surface area contributed by atoms with E-state index in [1.54, 1.807) is 13.8 Å². The lowest BCUT2D eigenvalue weighted by Crippen LogP contribution is -2.26. The summed E-state index contributed by atoms with van der Waals surface area (Å²) >= 11 is 2.93. The fourth-order valence-corrected chi connectivity index (χ4v) is 3.66. The summed E-state index contributed by atoms with van der Waals surface area (Å²) in [6.07, 6.45) is 0. The molecule has 0 spiro atoms. The van der Waals surface area contributed by atoms with Gasteiger partial charge in [-0.05, 0) is 37.3 Å². The van der Waals surface area contributed by atoms with Gasteiger partial charge in [-0.15, -0.1) is 11.3 Å². The third-order valence-electron chi connectivity index (χ3n) is 3.41. The molecule has 0 aliphatic rings. The summed E-state index contributed by atoms with van der Waals surface area (Å²) in [6.45, 7) is 5.57. The zero-order valence-electron chi connectivity index (χ0n) is 13.8. The molecule has 128 valence electrons. The first-order chi connectivity index (χ1) is 11.4. The van der Waals surface area contributed by atoms with Gasteiger partial charge in [0.25, 0.3) is 5.91 Å². The quantitative estimate of drug-likeness (QED) is 0.779. The number of thiazole rings is 1. The molecule has 7 heteroatoms. The van der Waals surface area contributed by atoms with E-state index in [0.29, 0.717) is 16.3 Å². The summed E-state index contributed by atoms with van der Waals surface area (Å²) in [6, 6.07) is 7.19. The second kappa shape index (κ2) is 8.30. The first-order valence-corrected chi connectivity index (χ1v) is 9.57. The van der Waals surface area contributed by atoms with E-state index in [1.807, 2.05) is 36.0 Å². The molecule has 1 atom stereocenters. The Labute approximate surface area is 149 Å². The van der Waals surface area contributed by atoms with Gasteiger partial charge >= 0.3 is 5.97 Å². The zero-order valence-corrected chi connectivity index (χ0v) is 15.5. The second-order valence-corrected chi connectivity index (χ2v) is 7.61. The summed E-state index contributed by atoms with van der Waals surface area (Å²) in [5.41, 5.74) is 2.24. The molecule has 0 radical (unpaired) electrons. The van der Waals surface area contributed by atoms with Crippen LogP contribution in [0.2, 0.25) is 0 Å². The van der Waals surface area contributed by atoms with Crippen molar-refractivity contribution in [2.75, 3.05) is 5.75 Å². The van der Waals surface area contributed by atoms with Crippen molar-refractivity contribution in [1.82, 2.24) is 10.3 Å². The van der Waals surface area contributed by atoms with Gasteiger partial charge in [0.15, 0.2) is 0 Å². The molecule has 0 fully saturated rings. The molecule has 0 aliphatic carbocycles. The number of benzene rings is 1. The summed E-state index contributed by atoms with van der Waals surface area (Å²) in [5.74, 6) is 0.813. The lowest BCUT2D eigenvalue weighted by Gasteiger charge is -2.11. The number of aryl methyl sites for hydroxylation is 1. The van der Waals surface area contributed by atoms with Crippen molar-refractivity contribution in [3.05, 3.63) is 51.0 Å². The minimum absolute atomic E-state index is 0.193. The Morgan fingerprint density at radius 1 is 1.33 bits per heavy atom. The first kappa shape index (κ1) is 18.5. The Hall–Kier alpha value is -1.86. The largest absolute Gasteiger partial charge is 0.477 e. The monoisotopic (exact) mass is 364 g/mol. The maximum atomic E-state index is 12.3. The number of hydrogen-bond acceptors (Lipinski definition) is 5. The Bertz CT molecular complexity index is 726. The van der Waals surface area contributed by atoms with Crippen LogP contribution in [0.1, 0.15) is 56.2 Å². The highest BCUT2D eigenvalue weighted by Gasteiger charge is 2.19. The van der Waals surface area contributed by atoms with Crippen molar-refractivity contribution in [1.29, 1.82) is 0 Å². The van der Waals surface area contributed by atoms with Gasteiger partial charge in [-0.3, -0.25) is 4.79 Å². The third-order valence-corrected chi connectivity index (χ3v) is 5.69.